The van der Waals surface area contributed by atoms with Gasteiger partial charge >= 0.3 is 11.9 Å². The third-order valence-electron chi connectivity index (χ3n) is 4.03. The summed E-state index contributed by atoms with van der Waals surface area (Å²) in [6.07, 6.45) is -0.947. The molecule has 6 N–H and O–H groups in total. The SMILES string of the molecule is CC(C)C(N)(C(=O)O)C(=O)CCC(=O)C(N)(C(=O)O)C(C)C. The van der Waals surface area contributed by atoms with Crippen molar-refractivity contribution < 1.29 is 29.4 Å². The molecule has 0 aromatic carbocycles. The summed E-state index contributed by atoms with van der Waals surface area (Å²) < 4.78 is 0. The van der Waals surface area contributed by atoms with E-state index in [1.165, 1.54) is 27.7 Å². The molecule has 0 saturated carbocycles. The second-order valence-corrected chi connectivity index (χ2v) is 6.00. The molecule has 0 aromatic rings. The zero-order valence-electron chi connectivity index (χ0n) is 13.3. The van der Waals surface area contributed by atoms with Crippen molar-refractivity contribution >= 4 is 23.5 Å². The van der Waals surface area contributed by atoms with Gasteiger partial charge in [-0.15, -0.1) is 0 Å². The molecule has 2 atom stereocenters. The molecule has 8 heteroatoms. The van der Waals surface area contributed by atoms with Crippen LogP contribution in [-0.2, 0) is 19.2 Å². The predicted molar refractivity (Wildman–Crippen MR) is 78.0 cm³/mol. The fraction of sp³-hybridized carbons (Fsp3) is 0.714. The van der Waals surface area contributed by atoms with Crippen LogP contribution in [0, 0.1) is 11.8 Å². The van der Waals surface area contributed by atoms with Gasteiger partial charge < -0.3 is 21.7 Å². The monoisotopic (exact) mass is 316 g/mol. The Morgan fingerprint density at radius 1 is 0.773 bits per heavy atom. The average Bonchev–Trinajstić information content (AvgIpc) is 2.40. The largest absolute Gasteiger partial charge is 0.480 e. The van der Waals surface area contributed by atoms with Crippen LogP contribution < -0.4 is 11.5 Å². The van der Waals surface area contributed by atoms with Gasteiger partial charge in [-0.05, 0) is 11.8 Å². The normalized spacial score (nSPS) is 16.9. The molecule has 0 rings (SSSR count). The van der Waals surface area contributed by atoms with E-state index < -0.39 is 59.3 Å². The molecule has 126 valence electrons. The predicted octanol–water partition coefficient (Wildman–Crippen LogP) is -0.219. The standard InChI is InChI=1S/C14H24N2O6/c1-7(2)13(15,11(19)20)9(17)5-6-10(18)14(16,8(3)4)12(21)22/h7-8H,5-6,15-16H2,1-4H3,(H,19,20)(H,21,22). The van der Waals surface area contributed by atoms with Crippen molar-refractivity contribution in [2.24, 2.45) is 23.3 Å². The molecule has 0 aromatic heterocycles. The molecule has 0 radical (unpaired) electrons. The molecule has 8 nitrogen and oxygen atoms in total. The van der Waals surface area contributed by atoms with Crippen molar-refractivity contribution in [3.05, 3.63) is 0 Å². The Labute approximate surface area is 128 Å². The molecular weight excluding hydrogens is 292 g/mol. The Morgan fingerprint density at radius 2 is 1.00 bits per heavy atom. The molecule has 0 fully saturated rings. The first kappa shape index (κ1) is 20.2. The minimum absolute atomic E-state index is 0.473. The van der Waals surface area contributed by atoms with Crippen LogP contribution in [0.5, 0.6) is 0 Å². The number of hydrogen-bond acceptors (Lipinski definition) is 6. The van der Waals surface area contributed by atoms with Crippen LogP contribution >= 0.6 is 0 Å². The number of ketones is 2. The number of Topliss-reactive ketones (excluding diaryl/α,β-unsaturated/α-hetero) is 2. The van der Waals surface area contributed by atoms with Crippen molar-refractivity contribution in [1.29, 1.82) is 0 Å². The fourth-order valence-corrected chi connectivity index (χ4v) is 2.02. The molecule has 0 heterocycles. The van der Waals surface area contributed by atoms with E-state index >= 15 is 0 Å². The second-order valence-electron chi connectivity index (χ2n) is 6.00. The van der Waals surface area contributed by atoms with E-state index in [0.29, 0.717) is 0 Å². The minimum Gasteiger partial charge on any atom is -0.480 e. The summed E-state index contributed by atoms with van der Waals surface area (Å²) in [4.78, 5) is 46.6. The number of aliphatic carboxylic acids is 2. The van der Waals surface area contributed by atoms with E-state index in [-0.39, 0.29) is 0 Å². The molecular formula is C14H24N2O6. The molecule has 0 amide bonds. The highest BCUT2D eigenvalue weighted by Gasteiger charge is 2.47. The highest BCUT2D eigenvalue weighted by Crippen LogP contribution is 2.22. The highest BCUT2D eigenvalue weighted by atomic mass is 16.4. The number of hydrogen-bond donors (Lipinski definition) is 4. The molecule has 0 saturated heterocycles. The molecule has 0 aliphatic heterocycles. The number of nitrogens with two attached hydrogens (primary N) is 2. The van der Waals surface area contributed by atoms with Gasteiger partial charge in [-0.2, -0.15) is 0 Å². The van der Waals surface area contributed by atoms with Gasteiger partial charge in [0.2, 0.25) is 0 Å². The summed E-state index contributed by atoms with van der Waals surface area (Å²) in [5.74, 6) is -6.00. The Hall–Kier alpha value is -1.80. The van der Waals surface area contributed by atoms with Gasteiger partial charge in [0.15, 0.2) is 22.6 Å². The lowest BCUT2D eigenvalue weighted by Crippen LogP contribution is -2.60. The van der Waals surface area contributed by atoms with Crippen molar-refractivity contribution in [3.8, 4) is 0 Å². The Balaban J connectivity index is 5.16. The van der Waals surface area contributed by atoms with Crippen LogP contribution in [0.15, 0.2) is 0 Å². The van der Waals surface area contributed by atoms with E-state index in [0.717, 1.165) is 0 Å². The lowest BCUT2D eigenvalue weighted by Gasteiger charge is -2.29. The van der Waals surface area contributed by atoms with Gasteiger partial charge in [0.25, 0.3) is 0 Å². The lowest BCUT2D eigenvalue weighted by molar-refractivity contribution is -0.153. The van der Waals surface area contributed by atoms with Gasteiger partial charge in [-0.1, -0.05) is 27.7 Å². The summed E-state index contributed by atoms with van der Waals surface area (Å²) in [5, 5.41) is 18.3. The van der Waals surface area contributed by atoms with Crippen LogP contribution in [0.3, 0.4) is 0 Å². The smallest absolute Gasteiger partial charge is 0.331 e. The van der Waals surface area contributed by atoms with E-state index in [4.69, 9.17) is 21.7 Å². The molecule has 0 bridgehead atoms. The number of carboxylic acid groups (broad SMARTS) is 2. The zero-order chi connectivity index (χ0) is 17.9. The van der Waals surface area contributed by atoms with Crippen molar-refractivity contribution in [3.63, 3.8) is 0 Å². The zero-order valence-corrected chi connectivity index (χ0v) is 13.3. The van der Waals surface area contributed by atoms with Crippen LogP contribution in [-0.4, -0.2) is 44.8 Å². The van der Waals surface area contributed by atoms with Crippen LogP contribution in [0.25, 0.3) is 0 Å². The number of carbonyl (C=O) groups is 4. The minimum atomic E-state index is -2.11. The number of rotatable bonds is 9. The maximum Gasteiger partial charge on any atom is 0.331 e. The summed E-state index contributed by atoms with van der Waals surface area (Å²) >= 11 is 0. The van der Waals surface area contributed by atoms with Crippen LogP contribution in [0.2, 0.25) is 0 Å². The van der Waals surface area contributed by atoms with E-state index in [2.05, 4.69) is 0 Å². The Kier molecular flexibility index (Phi) is 6.40. The molecule has 0 aliphatic carbocycles. The first-order chi connectivity index (χ1) is 9.82. The quantitative estimate of drug-likeness (QED) is 0.424. The summed E-state index contributed by atoms with van der Waals surface area (Å²) in [7, 11) is 0. The van der Waals surface area contributed by atoms with Gasteiger partial charge in [0, 0.05) is 12.8 Å². The second kappa shape index (κ2) is 6.97. The topological polar surface area (TPSA) is 161 Å². The van der Waals surface area contributed by atoms with Crippen molar-refractivity contribution in [2.45, 2.75) is 51.6 Å². The third-order valence-corrected chi connectivity index (χ3v) is 4.03. The van der Waals surface area contributed by atoms with Crippen LogP contribution in [0.1, 0.15) is 40.5 Å². The van der Waals surface area contributed by atoms with Crippen molar-refractivity contribution in [2.75, 3.05) is 0 Å². The highest BCUT2D eigenvalue weighted by molar-refractivity contribution is 6.11. The summed E-state index contributed by atoms with van der Waals surface area (Å²) in [6, 6.07) is 0. The molecule has 0 spiro atoms. The maximum atomic E-state index is 12.1. The Morgan fingerprint density at radius 3 is 1.14 bits per heavy atom. The van der Waals surface area contributed by atoms with E-state index in [1.807, 2.05) is 0 Å². The molecule has 2 unspecified atom stereocenters. The van der Waals surface area contributed by atoms with E-state index in [1.54, 1.807) is 0 Å². The maximum absolute atomic E-state index is 12.1. The fourth-order valence-electron chi connectivity index (χ4n) is 2.02. The first-order valence-electron chi connectivity index (χ1n) is 6.93. The Bertz CT molecular complexity index is 444. The van der Waals surface area contributed by atoms with E-state index in [9.17, 15) is 19.2 Å². The van der Waals surface area contributed by atoms with Gasteiger partial charge in [0.1, 0.15) is 0 Å². The number of carbonyl (C=O) groups excluding carboxylic acids is 2. The molecule has 22 heavy (non-hydrogen) atoms. The van der Waals surface area contributed by atoms with Gasteiger partial charge in [-0.3, -0.25) is 9.59 Å². The summed E-state index contributed by atoms with van der Waals surface area (Å²) in [6.45, 7) is 5.91. The third kappa shape index (κ3) is 3.50. The summed E-state index contributed by atoms with van der Waals surface area (Å²) in [5.41, 5.74) is 7.04. The van der Waals surface area contributed by atoms with Crippen molar-refractivity contribution in [1.82, 2.24) is 0 Å². The van der Waals surface area contributed by atoms with Crippen LogP contribution in [0.4, 0.5) is 0 Å². The number of carboxylic acids is 2. The van der Waals surface area contributed by atoms with Gasteiger partial charge in [0.05, 0.1) is 0 Å². The lowest BCUT2D eigenvalue weighted by atomic mass is 9.78. The molecule has 0 aliphatic rings. The van der Waals surface area contributed by atoms with Gasteiger partial charge in [-0.25, -0.2) is 9.59 Å². The first-order valence-corrected chi connectivity index (χ1v) is 6.93. The average molecular weight is 316 g/mol.